The lowest BCUT2D eigenvalue weighted by Gasteiger charge is -2.28. The van der Waals surface area contributed by atoms with Crippen LogP contribution in [-0.2, 0) is 13.1 Å². The fraction of sp³-hybridized carbons (Fsp3) is 0.136. The summed E-state index contributed by atoms with van der Waals surface area (Å²) in [6.07, 6.45) is 2.99. The molecular formula is C22H17N5O3. The van der Waals surface area contributed by atoms with E-state index in [9.17, 15) is 9.59 Å². The quantitative estimate of drug-likeness (QED) is 0.628. The minimum atomic E-state index is -0.252. The highest BCUT2D eigenvalue weighted by Gasteiger charge is 2.30. The second kappa shape index (κ2) is 8.01. The van der Waals surface area contributed by atoms with Crippen molar-refractivity contribution in [2.45, 2.75) is 13.1 Å². The van der Waals surface area contributed by atoms with Gasteiger partial charge in [-0.15, -0.1) is 5.10 Å². The van der Waals surface area contributed by atoms with E-state index in [1.54, 1.807) is 60.7 Å². The lowest BCUT2D eigenvalue weighted by molar-refractivity contribution is 0.0981. The molecule has 4 rings (SSSR count). The first-order valence-electron chi connectivity index (χ1n) is 9.18. The van der Waals surface area contributed by atoms with Crippen molar-refractivity contribution in [2.24, 2.45) is 0 Å². The molecule has 1 heterocycles. The van der Waals surface area contributed by atoms with Gasteiger partial charge in [0.2, 0.25) is 5.78 Å². The Kier molecular flexibility index (Phi) is 5.09. The third-order valence-electron chi connectivity index (χ3n) is 4.73. The van der Waals surface area contributed by atoms with Gasteiger partial charge >= 0.3 is 0 Å². The van der Waals surface area contributed by atoms with E-state index in [1.807, 2.05) is 12.1 Å². The Bertz CT molecular complexity index is 1210. The number of methoxy groups -OCH3 is 1. The molecule has 0 unspecified atom stereocenters. The van der Waals surface area contributed by atoms with E-state index in [2.05, 4.69) is 10.3 Å². The minimum Gasteiger partial charge on any atom is -0.497 e. The van der Waals surface area contributed by atoms with Crippen molar-refractivity contribution in [1.29, 1.82) is 5.26 Å². The number of ether oxygens (including phenoxy) is 1. The van der Waals surface area contributed by atoms with Gasteiger partial charge in [0.25, 0.3) is 0 Å². The largest absolute Gasteiger partial charge is 0.497 e. The lowest BCUT2D eigenvalue weighted by Crippen LogP contribution is -2.31. The van der Waals surface area contributed by atoms with Crippen LogP contribution in [0.25, 0.3) is 0 Å². The molecule has 0 atom stereocenters. The molecule has 0 saturated carbocycles. The Morgan fingerprint density at radius 2 is 1.93 bits per heavy atom. The zero-order valence-corrected chi connectivity index (χ0v) is 16.1. The molecule has 1 aromatic heterocycles. The molecule has 148 valence electrons. The molecule has 0 aliphatic heterocycles. The number of anilines is 1. The van der Waals surface area contributed by atoms with Gasteiger partial charge in [0.05, 0.1) is 31.6 Å². The number of rotatable bonds is 6. The molecule has 0 amide bonds. The Labute approximate surface area is 172 Å². The topological polar surface area (TPSA) is 101 Å². The predicted octanol–water partition coefficient (Wildman–Crippen LogP) is 2.78. The molecule has 2 aromatic carbocycles. The van der Waals surface area contributed by atoms with Gasteiger partial charge in [-0.1, -0.05) is 35.5 Å². The Hall–Kier alpha value is -4.25. The van der Waals surface area contributed by atoms with Crippen molar-refractivity contribution in [3.8, 4) is 11.8 Å². The van der Waals surface area contributed by atoms with Crippen LogP contribution in [0.3, 0.4) is 0 Å². The van der Waals surface area contributed by atoms with Gasteiger partial charge in [0, 0.05) is 29.0 Å². The van der Waals surface area contributed by atoms with Crippen molar-refractivity contribution in [3.05, 3.63) is 83.3 Å². The van der Waals surface area contributed by atoms with Crippen LogP contribution in [0.2, 0.25) is 0 Å². The molecule has 0 bridgehead atoms. The molecule has 8 heteroatoms. The summed E-state index contributed by atoms with van der Waals surface area (Å²) in [7, 11) is 1.56. The summed E-state index contributed by atoms with van der Waals surface area (Å²) >= 11 is 0. The van der Waals surface area contributed by atoms with Crippen LogP contribution in [0, 0.1) is 11.3 Å². The summed E-state index contributed by atoms with van der Waals surface area (Å²) < 4.78 is 6.73. The summed E-state index contributed by atoms with van der Waals surface area (Å²) in [5, 5.41) is 16.9. The van der Waals surface area contributed by atoms with Crippen LogP contribution in [0.4, 0.5) is 5.69 Å². The van der Waals surface area contributed by atoms with Crippen LogP contribution in [0.15, 0.2) is 66.5 Å². The van der Waals surface area contributed by atoms with Gasteiger partial charge < -0.3 is 9.64 Å². The van der Waals surface area contributed by atoms with Crippen molar-refractivity contribution >= 4 is 17.3 Å². The zero-order chi connectivity index (χ0) is 21.1. The van der Waals surface area contributed by atoms with Crippen molar-refractivity contribution in [2.75, 3.05) is 12.0 Å². The van der Waals surface area contributed by atoms with Crippen molar-refractivity contribution in [1.82, 2.24) is 15.0 Å². The minimum absolute atomic E-state index is 0.0691. The summed E-state index contributed by atoms with van der Waals surface area (Å²) in [6.45, 7) is 0.255. The van der Waals surface area contributed by atoms with Crippen molar-refractivity contribution in [3.63, 3.8) is 0 Å². The first kappa shape index (κ1) is 19.1. The fourth-order valence-electron chi connectivity index (χ4n) is 3.32. The van der Waals surface area contributed by atoms with Crippen molar-refractivity contribution < 1.29 is 14.3 Å². The number of nitrogens with zero attached hydrogens (tertiary/aromatic N) is 5. The number of hydrogen-bond acceptors (Lipinski definition) is 7. The average Bonchev–Trinajstić information content (AvgIpc) is 3.22. The van der Waals surface area contributed by atoms with E-state index in [4.69, 9.17) is 10.00 Å². The second-order valence-corrected chi connectivity index (χ2v) is 6.62. The molecule has 0 fully saturated rings. The fourth-order valence-corrected chi connectivity index (χ4v) is 3.32. The second-order valence-electron chi connectivity index (χ2n) is 6.62. The number of carbonyl (C=O) groups excluding carboxylic acids is 2. The number of ketones is 2. The highest BCUT2D eigenvalue weighted by molar-refractivity contribution is 6.25. The normalized spacial score (nSPS) is 12.7. The third-order valence-corrected chi connectivity index (χ3v) is 4.73. The molecule has 0 radical (unpaired) electrons. The molecular weight excluding hydrogens is 382 g/mol. The Balaban J connectivity index is 1.78. The predicted molar refractivity (Wildman–Crippen MR) is 108 cm³/mol. The van der Waals surface area contributed by atoms with Gasteiger partial charge in [-0.3, -0.25) is 9.59 Å². The summed E-state index contributed by atoms with van der Waals surface area (Å²) in [6, 6.07) is 16.0. The van der Waals surface area contributed by atoms with Crippen LogP contribution < -0.4 is 9.64 Å². The number of fused-ring (bicyclic) bond motifs is 1. The number of nitriles is 1. The number of carbonyl (C=O) groups is 2. The Morgan fingerprint density at radius 1 is 1.13 bits per heavy atom. The SMILES string of the molecule is COc1cccc(N(Cc2cn(CC#N)nn2)C2=CC(=O)c3ccccc3C2=O)c1. The Morgan fingerprint density at radius 3 is 2.70 bits per heavy atom. The first-order valence-corrected chi connectivity index (χ1v) is 9.18. The molecule has 0 saturated heterocycles. The molecule has 8 nitrogen and oxygen atoms in total. The molecule has 0 spiro atoms. The zero-order valence-electron chi connectivity index (χ0n) is 16.1. The van der Waals surface area contributed by atoms with Gasteiger partial charge in [-0.25, -0.2) is 4.68 Å². The smallest absolute Gasteiger partial charge is 0.210 e. The monoisotopic (exact) mass is 399 g/mol. The van der Waals surface area contributed by atoms with Gasteiger partial charge in [0.1, 0.15) is 18.0 Å². The number of allylic oxidation sites excluding steroid dienone is 2. The van der Waals surface area contributed by atoms with Crippen LogP contribution >= 0.6 is 0 Å². The maximum absolute atomic E-state index is 13.3. The third kappa shape index (κ3) is 3.56. The number of benzene rings is 2. The van der Waals surface area contributed by atoms with Gasteiger partial charge in [-0.2, -0.15) is 5.26 Å². The standard InChI is InChI=1S/C22H17N5O3/c1-30-17-6-4-5-16(11-17)27(14-15-13-26(10-9-23)25-24-15)20-12-21(28)18-7-2-3-8-19(18)22(20)29/h2-8,11-13H,10,14H2,1H3. The molecule has 0 N–H and O–H groups in total. The van der Waals surface area contributed by atoms with E-state index in [0.717, 1.165) is 0 Å². The maximum Gasteiger partial charge on any atom is 0.210 e. The van der Waals surface area contributed by atoms with E-state index in [1.165, 1.54) is 10.8 Å². The van der Waals surface area contributed by atoms with Gasteiger partial charge in [-0.05, 0) is 12.1 Å². The highest BCUT2D eigenvalue weighted by atomic mass is 16.5. The van der Waals surface area contributed by atoms with E-state index < -0.39 is 0 Å². The van der Waals surface area contributed by atoms with E-state index >= 15 is 0 Å². The molecule has 30 heavy (non-hydrogen) atoms. The summed E-state index contributed by atoms with van der Waals surface area (Å²) in [5.41, 5.74) is 2.20. The molecule has 1 aliphatic carbocycles. The molecule has 1 aliphatic rings. The lowest BCUT2D eigenvalue weighted by atomic mass is 9.92. The number of aromatic nitrogens is 3. The van der Waals surface area contributed by atoms with E-state index in [0.29, 0.717) is 28.3 Å². The molecule has 3 aromatic rings. The number of Topliss-reactive ketones (excluding diaryl/α,β-unsaturated/α-hetero) is 1. The average molecular weight is 399 g/mol. The van der Waals surface area contributed by atoms with Crippen LogP contribution in [-0.4, -0.2) is 33.7 Å². The summed E-state index contributed by atoms with van der Waals surface area (Å²) in [5.74, 6) is 0.125. The maximum atomic E-state index is 13.3. The first-order chi connectivity index (χ1) is 14.6. The summed E-state index contributed by atoms with van der Waals surface area (Å²) in [4.78, 5) is 27.7. The highest BCUT2D eigenvalue weighted by Crippen LogP contribution is 2.30. The van der Waals surface area contributed by atoms with Crippen LogP contribution in [0.5, 0.6) is 5.75 Å². The van der Waals surface area contributed by atoms with E-state index in [-0.39, 0.29) is 30.4 Å². The van der Waals surface area contributed by atoms with Crippen LogP contribution in [0.1, 0.15) is 26.4 Å². The van der Waals surface area contributed by atoms with Gasteiger partial charge in [0.15, 0.2) is 5.78 Å². The number of hydrogen-bond donors (Lipinski definition) is 0.